The zero-order chi connectivity index (χ0) is 9.84. The summed E-state index contributed by atoms with van der Waals surface area (Å²) in [7, 11) is 1.66. The fourth-order valence-corrected chi connectivity index (χ4v) is 0.882. The summed E-state index contributed by atoms with van der Waals surface area (Å²) >= 11 is 0. The average Bonchev–Trinajstić information content (AvgIpc) is 2.46. The van der Waals surface area contributed by atoms with Crippen molar-refractivity contribution in [3.63, 3.8) is 0 Å². The lowest BCUT2D eigenvalue weighted by Gasteiger charge is -1.90. The Balaban J connectivity index is 2.91. The lowest BCUT2D eigenvalue weighted by Crippen LogP contribution is -1.97. The molecule has 1 aromatic rings. The van der Waals surface area contributed by atoms with Gasteiger partial charge in [-0.1, -0.05) is 6.92 Å². The van der Waals surface area contributed by atoms with Crippen molar-refractivity contribution in [2.75, 3.05) is 0 Å². The van der Waals surface area contributed by atoms with Gasteiger partial charge in [0, 0.05) is 19.5 Å². The molecule has 13 heavy (non-hydrogen) atoms. The Morgan fingerprint density at radius 2 is 2.54 bits per heavy atom. The van der Waals surface area contributed by atoms with Gasteiger partial charge in [-0.05, 0) is 0 Å². The van der Waals surface area contributed by atoms with Crippen molar-refractivity contribution in [3.05, 3.63) is 27.7 Å². The summed E-state index contributed by atoms with van der Waals surface area (Å²) in [5.41, 5.74) is 0.650. The second-order valence-electron chi connectivity index (χ2n) is 2.51. The van der Waals surface area contributed by atoms with Crippen LogP contribution in [0, 0.1) is 10.1 Å². The molecule has 6 heteroatoms. The number of nitrogens with zero attached hydrogens (tertiary/aromatic N) is 4. The van der Waals surface area contributed by atoms with Gasteiger partial charge in [0.15, 0.2) is 0 Å². The van der Waals surface area contributed by atoms with Gasteiger partial charge in [-0.3, -0.25) is 10.1 Å². The highest BCUT2D eigenvalue weighted by atomic mass is 16.6. The molecule has 0 atom stereocenters. The molecule has 0 saturated carbocycles. The van der Waals surface area contributed by atoms with Crippen molar-refractivity contribution in [2.24, 2.45) is 7.05 Å². The number of rotatable bonds is 3. The van der Waals surface area contributed by atoms with E-state index in [1.54, 1.807) is 14.0 Å². The third-order valence-electron chi connectivity index (χ3n) is 1.53. The molecule has 1 aromatic heterocycles. The van der Waals surface area contributed by atoms with E-state index < -0.39 is 4.92 Å². The van der Waals surface area contributed by atoms with E-state index in [1.165, 1.54) is 17.1 Å². The number of aromatic nitrogens is 3. The van der Waals surface area contributed by atoms with Crippen LogP contribution in [0.25, 0.3) is 6.08 Å². The van der Waals surface area contributed by atoms with Gasteiger partial charge in [0.1, 0.15) is 5.69 Å². The Kier molecular flexibility index (Phi) is 2.73. The molecular formula is C7H10N4O2. The van der Waals surface area contributed by atoms with Crippen LogP contribution in [0.4, 0.5) is 0 Å². The highest BCUT2D eigenvalue weighted by molar-refractivity contribution is 5.44. The molecule has 0 aliphatic heterocycles. The second-order valence-corrected chi connectivity index (χ2v) is 2.51. The van der Waals surface area contributed by atoms with Crippen LogP contribution in [-0.4, -0.2) is 19.9 Å². The van der Waals surface area contributed by atoms with Crippen molar-refractivity contribution in [1.29, 1.82) is 0 Å². The molecule has 6 nitrogen and oxygen atoms in total. The number of nitro groups is 1. The minimum Gasteiger partial charge on any atom is -0.259 e. The molecule has 70 valence electrons. The van der Waals surface area contributed by atoms with E-state index in [4.69, 9.17) is 0 Å². The maximum Gasteiger partial charge on any atom is 0.248 e. The van der Waals surface area contributed by atoms with Crippen molar-refractivity contribution < 1.29 is 4.92 Å². The van der Waals surface area contributed by atoms with Gasteiger partial charge in [-0.15, -0.1) is 0 Å². The molecule has 0 spiro atoms. The van der Waals surface area contributed by atoms with E-state index in [0.29, 0.717) is 12.1 Å². The van der Waals surface area contributed by atoms with Gasteiger partial charge in [0.25, 0.3) is 0 Å². The Hall–Kier alpha value is -1.72. The maximum atomic E-state index is 10.4. The smallest absolute Gasteiger partial charge is 0.248 e. The molecule has 0 bridgehead atoms. The van der Waals surface area contributed by atoms with Gasteiger partial charge >= 0.3 is 0 Å². The zero-order valence-corrected chi connectivity index (χ0v) is 7.47. The third kappa shape index (κ3) is 2.36. The zero-order valence-electron chi connectivity index (χ0n) is 7.47. The van der Waals surface area contributed by atoms with E-state index in [1.807, 2.05) is 0 Å². The standard InChI is InChI=1S/C7H10N4O2/c1-3-7(11(12)13)4-6-5-8-10(2)9-6/h4-5H,3H2,1-2H3/b7-4-. The van der Waals surface area contributed by atoms with Crippen molar-refractivity contribution in [2.45, 2.75) is 13.3 Å². The predicted molar refractivity (Wildman–Crippen MR) is 46.3 cm³/mol. The highest BCUT2D eigenvalue weighted by Crippen LogP contribution is 2.06. The monoisotopic (exact) mass is 182 g/mol. The molecule has 0 amide bonds. The minimum absolute atomic E-state index is 0.139. The van der Waals surface area contributed by atoms with Crippen LogP contribution < -0.4 is 0 Å². The van der Waals surface area contributed by atoms with E-state index in [2.05, 4.69) is 10.2 Å². The fourth-order valence-electron chi connectivity index (χ4n) is 0.882. The number of hydrogen-bond donors (Lipinski definition) is 0. The van der Waals surface area contributed by atoms with Crippen LogP contribution in [0.2, 0.25) is 0 Å². The first-order chi connectivity index (χ1) is 6.13. The Bertz CT molecular complexity index is 342. The van der Waals surface area contributed by atoms with Crippen LogP contribution in [-0.2, 0) is 7.05 Å². The molecule has 0 aliphatic rings. The van der Waals surface area contributed by atoms with Gasteiger partial charge < -0.3 is 0 Å². The number of allylic oxidation sites excluding steroid dienone is 1. The molecule has 1 heterocycles. The largest absolute Gasteiger partial charge is 0.259 e. The molecule has 1 rings (SSSR count). The third-order valence-corrected chi connectivity index (χ3v) is 1.53. The summed E-state index contributed by atoms with van der Waals surface area (Å²) in [6, 6.07) is 0. The van der Waals surface area contributed by atoms with E-state index in [0.717, 1.165) is 0 Å². The van der Waals surface area contributed by atoms with Crippen LogP contribution in [0.1, 0.15) is 19.0 Å². The molecule has 0 unspecified atom stereocenters. The molecule has 0 saturated heterocycles. The fraction of sp³-hybridized carbons (Fsp3) is 0.429. The number of aryl methyl sites for hydroxylation is 1. The first kappa shape index (κ1) is 9.37. The Morgan fingerprint density at radius 3 is 2.92 bits per heavy atom. The maximum absolute atomic E-state index is 10.4. The van der Waals surface area contributed by atoms with Crippen molar-refractivity contribution in [1.82, 2.24) is 15.0 Å². The van der Waals surface area contributed by atoms with E-state index in [-0.39, 0.29) is 5.70 Å². The first-order valence-electron chi connectivity index (χ1n) is 3.84. The quantitative estimate of drug-likeness (QED) is 0.513. The lowest BCUT2D eigenvalue weighted by atomic mass is 10.3. The second kappa shape index (κ2) is 3.79. The Labute approximate surface area is 75.0 Å². The van der Waals surface area contributed by atoms with Crippen LogP contribution in [0.3, 0.4) is 0 Å². The van der Waals surface area contributed by atoms with Gasteiger partial charge in [0.2, 0.25) is 5.70 Å². The average molecular weight is 182 g/mol. The summed E-state index contributed by atoms with van der Waals surface area (Å²) in [5, 5.41) is 18.1. The molecule has 0 N–H and O–H groups in total. The molecule has 0 aliphatic carbocycles. The SMILES string of the molecule is CC/C(=C/c1cnn(C)n1)[N+](=O)[O-]. The Morgan fingerprint density at radius 1 is 1.85 bits per heavy atom. The highest BCUT2D eigenvalue weighted by Gasteiger charge is 2.08. The summed E-state index contributed by atoms with van der Waals surface area (Å²) in [6.45, 7) is 1.73. The summed E-state index contributed by atoms with van der Waals surface area (Å²) in [5.74, 6) is 0. The van der Waals surface area contributed by atoms with Gasteiger partial charge in [-0.2, -0.15) is 15.0 Å². The van der Waals surface area contributed by atoms with Crippen LogP contribution >= 0.6 is 0 Å². The normalized spacial score (nSPS) is 11.7. The summed E-state index contributed by atoms with van der Waals surface area (Å²) in [4.78, 5) is 11.4. The molecule has 0 radical (unpaired) electrons. The predicted octanol–water partition coefficient (Wildman–Crippen LogP) is 0.843. The summed E-state index contributed by atoms with van der Waals surface area (Å²) < 4.78 is 0. The van der Waals surface area contributed by atoms with Crippen molar-refractivity contribution in [3.8, 4) is 0 Å². The molecular weight excluding hydrogens is 172 g/mol. The van der Waals surface area contributed by atoms with Crippen LogP contribution in [0.15, 0.2) is 11.9 Å². The molecule has 0 aromatic carbocycles. The topological polar surface area (TPSA) is 73.8 Å². The van der Waals surface area contributed by atoms with E-state index >= 15 is 0 Å². The van der Waals surface area contributed by atoms with Gasteiger partial charge in [-0.25, -0.2) is 0 Å². The number of hydrogen-bond acceptors (Lipinski definition) is 4. The molecule has 0 fully saturated rings. The van der Waals surface area contributed by atoms with E-state index in [9.17, 15) is 10.1 Å². The van der Waals surface area contributed by atoms with Gasteiger partial charge in [0.05, 0.1) is 11.1 Å². The minimum atomic E-state index is -0.408. The van der Waals surface area contributed by atoms with Crippen LogP contribution in [0.5, 0.6) is 0 Å². The summed E-state index contributed by atoms with van der Waals surface area (Å²) in [6.07, 6.45) is 3.29. The first-order valence-corrected chi connectivity index (χ1v) is 3.84. The van der Waals surface area contributed by atoms with Crippen molar-refractivity contribution >= 4 is 6.08 Å². The lowest BCUT2D eigenvalue weighted by molar-refractivity contribution is -0.425.